The van der Waals surface area contributed by atoms with Crippen LogP contribution in [0.1, 0.15) is 0 Å². The Labute approximate surface area is 148 Å². The number of hydrogen-bond donors (Lipinski definition) is 0. The Morgan fingerprint density at radius 3 is 1.52 bits per heavy atom. The average molecular weight is 355 g/mol. The second-order valence-corrected chi connectivity index (χ2v) is 7.31. The summed E-state index contributed by atoms with van der Waals surface area (Å²) >= 11 is 0. The molecule has 0 saturated heterocycles. The lowest BCUT2D eigenvalue weighted by Gasteiger charge is -2.09. The number of rotatable bonds is 6. The highest BCUT2D eigenvalue weighted by atomic mass is 32.2. The van der Waals surface area contributed by atoms with Crippen molar-refractivity contribution in [3.8, 4) is 5.75 Å². The molecule has 4 heteroatoms. The largest absolute Gasteiger partial charge is 0.490 e. The van der Waals surface area contributed by atoms with E-state index < -0.39 is 10.9 Å². The Bertz CT molecular complexity index is 782. The summed E-state index contributed by atoms with van der Waals surface area (Å²) in [4.78, 5) is 2.98. The third-order valence-corrected chi connectivity index (χ3v) is 5.76. The second kappa shape index (κ2) is 7.99. The molecule has 1 nitrogen and oxygen atoms in total. The van der Waals surface area contributed by atoms with Gasteiger partial charge in [0.25, 0.3) is 0 Å². The maximum atomic E-state index is 13.3. The maximum Gasteiger partial charge on any atom is 0.166 e. The van der Waals surface area contributed by atoms with Crippen molar-refractivity contribution in [2.45, 2.75) is 14.7 Å². The Morgan fingerprint density at radius 1 is 0.720 bits per heavy atom. The molecule has 0 N–H and O–H groups in total. The minimum atomic E-state index is -0.454. The zero-order valence-corrected chi connectivity index (χ0v) is 14.3. The molecule has 3 rings (SSSR count). The predicted octanol–water partition coefficient (Wildman–Crippen LogP) is 5.63. The van der Waals surface area contributed by atoms with E-state index in [4.69, 9.17) is 4.74 Å². The van der Waals surface area contributed by atoms with Gasteiger partial charge in [0.15, 0.2) is 14.7 Å². The van der Waals surface area contributed by atoms with Crippen molar-refractivity contribution in [2.75, 3.05) is 6.61 Å². The molecule has 0 aromatic heterocycles. The Morgan fingerprint density at radius 2 is 1.12 bits per heavy atom. The van der Waals surface area contributed by atoms with Gasteiger partial charge in [-0.05, 0) is 72.8 Å². The molecule has 3 aromatic carbocycles. The van der Waals surface area contributed by atoms with Gasteiger partial charge < -0.3 is 4.74 Å². The first kappa shape index (κ1) is 17.2. The summed E-state index contributed by atoms with van der Waals surface area (Å²) in [6.45, 7) is 4.08. The van der Waals surface area contributed by atoms with E-state index in [0.29, 0.717) is 6.61 Å². The van der Waals surface area contributed by atoms with Gasteiger partial charge in [0.2, 0.25) is 0 Å². The fraction of sp³-hybridized carbons (Fsp3) is 0.0476. The SMILES string of the molecule is C=CCOc1ccc([S+](c2ccc(F)cc2)c2ccc(F)cc2)cc1. The highest BCUT2D eigenvalue weighted by Crippen LogP contribution is 2.32. The molecule has 0 amide bonds. The molecule has 3 aromatic rings. The lowest BCUT2D eigenvalue weighted by molar-refractivity contribution is 0.363. The summed E-state index contributed by atoms with van der Waals surface area (Å²) in [7, 11) is -0.454. The molecule has 0 spiro atoms. The predicted molar refractivity (Wildman–Crippen MR) is 97.1 cm³/mol. The molecule has 0 atom stereocenters. The van der Waals surface area contributed by atoms with Crippen LogP contribution >= 0.6 is 0 Å². The molecular formula is C21H17F2OS+. The number of benzene rings is 3. The highest BCUT2D eigenvalue weighted by molar-refractivity contribution is 7.97. The van der Waals surface area contributed by atoms with Crippen LogP contribution in [0.15, 0.2) is 100 Å². The molecule has 0 fully saturated rings. The van der Waals surface area contributed by atoms with E-state index in [9.17, 15) is 8.78 Å². The summed E-state index contributed by atoms with van der Waals surface area (Å²) < 4.78 is 32.1. The standard InChI is InChI=1S/C21H17F2OS/c1-2-15-24-18-7-13-21(14-8-18)25(19-9-3-16(22)4-10-19)20-11-5-17(23)6-12-20/h2-14H,1,15H2/q+1. The topological polar surface area (TPSA) is 9.23 Å². The van der Waals surface area contributed by atoms with Gasteiger partial charge >= 0.3 is 0 Å². The van der Waals surface area contributed by atoms with Crippen LogP contribution in [0, 0.1) is 11.6 Å². The summed E-state index contributed by atoms with van der Waals surface area (Å²) in [5.41, 5.74) is 0. The first-order valence-corrected chi connectivity index (χ1v) is 8.99. The average Bonchev–Trinajstić information content (AvgIpc) is 2.64. The van der Waals surface area contributed by atoms with Crippen molar-refractivity contribution in [2.24, 2.45) is 0 Å². The van der Waals surface area contributed by atoms with E-state index in [2.05, 4.69) is 6.58 Å². The van der Waals surface area contributed by atoms with Crippen molar-refractivity contribution in [3.05, 3.63) is 97.1 Å². The van der Waals surface area contributed by atoms with Crippen LogP contribution in [0.4, 0.5) is 8.78 Å². The fourth-order valence-corrected chi connectivity index (χ4v) is 4.42. The number of halogens is 2. The Balaban J connectivity index is 1.99. The van der Waals surface area contributed by atoms with Crippen molar-refractivity contribution in [1.82, 2.24) is 0 Å². The summed E-state index contributed by atoms with van der Waals surface area (Å²) in [5.74, 6) is 0.199. The first-order chi connectivity index (χ1) is 12.2. The van der Waals surface area contributed by atoms with Crippen LogP contribution < -0.4 is 4.74 Å². The Kier molecular flexibility index (Phi) is 5.51. The third kappa shape index (κ3) is 4.28. The summed E-state index contributed by atoms with van der Waals surface area (Å²) in [6, 6.07) is 20.6. The molecule has 0 aliphatic carbocycles. The van der Waals surface area contributed by atoms with Gasteiger partial charge in [-0.1, -0.05) is 12.7 Å². The van der Waals surface area contributed by atoms with Crippen molar-refractivity contribution >= 4 is 10.9 Å². The molecule has 25 heavy (non-hydrogen) atoms. The van der Waals surface area contributed by atoms with Gasteiger partial charge in [-0.15, -0.1) is 0 Å². The number of hydrogen-bond acceptors (Lipinski definition) is 1. The smallest absolute Gasteiger partial charge is 0.166 e. The second-order valence-electron chi connectivity index (χ2n) is 5.29. The molecule has 0 saturated carbocycles. The quantitative estimate of drug-likeness (QED) is 0.412. The van der Waals surface area contributed by atoms with Gasteiger partial charge in [0.05, 0.1) is 10.9 Å². The molecule has 0 radical (unpaired) electrons. The lowest BCUT2D eigenvalue weighted by atomic mass is 10.3. The van der Waals surface area contributed by atoms with E-state index in [1.165, 1.54) is 24.3 Å². The monoisotopic (exact) mass is 355 g/mol. The highest BCUT2D eigenvalue weighted by Gasteiger charge is 2.28. The van der Waals surface area contributed by atoms with Gasteiger partial charge in [0, 0.05) is 0 Å². The van der Waals surface area contributed by atoms with Crippen molar-refractivity contribution in [1.29, 1.82) is 0 Å². The van der Waals surface area contributed by atoms with Crippen LogP contribution in [0.5, 0.6) is 5.75 Å². The van der Waals surface area contributed by atoms with E-state index >= 15 is 0 Å². The first-order valence-electron chi connectivity index (χ1n) is 7.76. The van der Waals surface area contributed by atoms with Crippen LogP contribution in [0.3, 0.4) is 0 Å². The molecule has 0 heterocycles. The Hall–Kier alpha value is -2.59. The van der Waals surface area contributed by atoms with Gasteiger partial charge in [-0.2, -0.15) is 0 Å². The van der Waals surface area contributed by atoms with Gasteiger partial charge in [-0.25, -0.2) is 8.78 Å². The molecular weight excluding hydrogens is 338 g/mol. The van der Waals surface area contributed by atoms with Crippen LogP contribution in [0.25, 0.3) is 0 Å². The van der Waals surface area contributed by atoms with Gasteiger partial charge in [-0.3, -0.25) is 0 Å². The van der Waals surface area contributed by atoms with Crippen molar-refractivity contribution < 1.29 is 13.5 Å². The van der Waals surface area contributed by atoms with E-state index in [1.807, 2.05) is 24.3 Å². The van der Waals surface area contributed by atoms with E-state index in [0.717, 1.165) is 20.4 Å². The minimum Gasteiger partial charge on any atom is -0.490 e. The minimum absolute atomic E-state index is 0.278. The zero-order chi connectivity index (χ0) is 17.6. The maximum absolute atomic E-state index is 13.3. The van der Waals surface area contributed by atoms with Crippen molar-refractivity contribution in [3.63, 3.8) is 0 Å². The summed E-state index contributed by atoms with van der Waals surface area (Å²) in [6.07, 6.45) is 1.69. The normalized spacial score (nSPS) is 10.7. The molecule has 0 aliphatic rings. The fourth-order valence-electron chi connectivity index (χ4n) is 2.38. The van der Waals surface area contributed by atoms with Crippen LogP contribution in [-0.4, -0.2) is 6.61 Å². The molecule has 0 bridgehead atoms. The van der Waals surface area contributed by atoms with Crippen LogP contribution in [-0.2, 0) is 10.9 Å². The molecule has 126 valence electrons. The summed E-state index contributed by atoms with van der Waals surface area (Å²) in [5, 5.41) is 0. The lowest BCUT2D eigenvalue weighted by Crippen LogP contribution is -2.05. The zero-order valence-electron chi connectivity index (χ0n) is 13.5. The number of ether oxygens (including phenoxy) is 1. The van der Waals surface area contributed by atoms with E-state index in [1.54, 1.807) is 30.3 Å². The molecule has 0 aliphatic heterocycles. The van der Waals surface area contributed by atoms with Gasteiger partial charge in [0.1, 0.15) is 24.0 Å². The van der Waals surface area contributed by atoms with E-state index in [-0.39, 0.29) is 11.6 Å². The molecule has 0 unspecified atom stereocenters. The third-order valence-electron chi connectivity index (χ3n) is 3.53. The van der Waals surface area contributed by atoms with Crippen LogP contribution in [0.2, 0.25) is 0 Å².